The van der Waals surface area contributed by atoms with Crippen LogP contribution in [0.1, 0.15) is 52.5 Å². The quantitative estimate of drug-likeness (QED) is 0.660. The van der Waals surface area contributed by atoms with Gasteiger partial charge in [-0.1, -0.05) is 39.7 Å². The van der Waals surface area contributed by atoms with Crippen molar-refractivity contribution in [2.45, 2.75) is 57.9 Å². The van der Waals surface area contributed by atoms with Gasteiger partial charge < -0.3 is 5.32 Å². The fourth-order valence-corrected chi connectivity index (χ4v) is 3.00. The molecule has 3 heteroatoms. The Bertz CT molecular complexity index is 449. The Labute approximate surface area is 128 Å². The molecule has 0 amide bonds. The number of hydrogen-bond donors (Lipinski definition) is 1. The Morgan fingerprint density at radius 3 is 2.60 bits per heavy atom. The van der Waals surface area contributed by atoms with Crippen molar-refractivity contribution in [3.05, 3.63) is 23.8 Å². The van der Waals surface area contributed by atoms with E-state index in [-0.39, 0.29) is 0 Å². The number of anilines is 1. The van der Waals surface area contributed by atoms with Crippen LogP contribution in [-0.4, -0.2) is 11.8 Å². The smallest absolute Gasteiger partial charge is 0.102 e. The molecule has 20 heavy (non-hydrogen) atoms. The van der Waals surface area contributed by atoms with E-state index >= 15 is 0 Å². The first kappa shape index (κ1) is 16.9. The van der Waals surface area contributed by atoms with Crippen molar-refractivity contribution in [1.29, 1.82) is 5.26 Å². The summed E-state index contributed by atoms with van der Waals surface area (Å²) in [4.78, 5) is 1.08. The van der Waals surface area contributed by atoms with Gasteiger partial charge in [-0.25, -0.2) is 0 Å². The van der Waals surface area contributed by atoms with Crippen LogP contribution in [0.4, 0.5) is 5.69 Å². The molecular weight excluding hydrogens is 264 g/mol. The van der Waals surface area contributed by atoms with E-state index in [9.17, 15) is 5.26 Å². The highest BCUT2D eigenvalue weighted by Crippen LogP contribution is 2.28. The van der Waals surface area contributed by atoms with E-state index in [4.69, 9.17) is 0 Å². The zero-order valence-corrected chi connectivity index (χ0v) is 13.9. The van der Waals surface area contributed by atoms with E-state index in [0.29, 0.717) is 6.04 Å². The van der Waals surface area contributed by atoms with Crippen LogP contribution in [0.2, 0.25) is 0 Å². The zero-order chi connectivity index (χ0) is 15.0. The third-order valence-corrected chi connectivity index (χ3v) is 4.20. The molecule has 1 atom stereocenters. The van der Waals surface area contributed by atoms with Crippen LogP contribution >= 0.6 is 11.8 Å². The van der Waals surface area contributed by atoms with Crippen molar-refractivity contribution in [2.75, 3.05) is 11.1 Å². The second kappa shape index (κ2) is 8.92. The Morgan fingerprint density at radius 2 is 2.00 bits per heavy atom. The molecule has 0 saturated carbocycles. The average molecular weight is 290 g/mol. The van der Waals surface area contributed by atoms with Gasteiger partial charge >= 0.3 is 0 Å². The normalized spacial score (nSPS) is 12.2. The molecule has 1 aromatic rings. The molecule has 0 saturated heterocycles. The lowest BCUT2D eigenvalue weighted by Gasteiger charge is -2.18. The molecule has 1 aromatic carbocycles. The molecule has 0 bridgehead atoms. The molecule has 1 rings (SSSR count). The van der Waals surface area contributed by atoms with Gasteiger partial charge in [0.15, 0.2) is 0 Å². The van der Waals surface area contributed by atoms with Crippen LogP contribution < -0.4 is 5.32 Å². The zero-order valence-electron chi connectivity index (χ0n) is 13.1. The monoisotopic (exact) mass is 290 g/mol. The molecule has 0 heterocycles. The largest absolute Gasteiger partial charge is 0.381 e. The van der Waals surface area contributed by atoms with E-state index in [1.807, 2.05) is 18.2 Å². The lowest BCUT2D eigenvalue weighted by molar-refractivity contribution is 0.520. The van der Waals surface area contributed by atoms with Crippen LogP contribution in [0.5, 0.6) is 0 Å². The number of benzene rings is 1. The summed E-state index contributed by atoms with van der Waals surface area (Å²) in [5.74, 6) is 1.75. The first-order valence-corrected chi connectivity index (χ1v) is 8.49. The van der Waals surface area contributed by atoms with Crippen LogP contribution in [0.15, 0.2) is 23.1 Å². The minimum atomic E-state index is 0.405. The van der Waals surface area contributed by atoms with Gasteiger partial charge in [0, 0.05) is 10.9 Å². The Morgan fingerprint density at radius 1 is 1.25 bits per heavy atom. The van der Waals surface area contributed by atoms with E-state index in [1.165, 1.54) is 12.8 Å². The lowest BCUT2D eigenvalue weighted by Crippen LogP contribution is -2.16. The van der Waals surface area contributed by atoms with Gasteiger partial charge in [0.2, 0.25) is 0 Å². The molecule has 0 fully saturated rings. The molecular formula is C17H26N2S. The molecule has 2 nitrogen and oxygen atoms in total. The number of thioether (sulfide) groups is 1. The standard InChI is InChI=1S/C17H26N2S/c1-5-20-17-11-7-10-16(15(17)12-18)19-14(4)9-6-8-13(2)3/h7,10-11,13-14,19H,5-6,8-9H2,1-4H3. The summed E-state index contributed by atoms with van der Waals surface area (Å²) in [7, 11) is 0. The van der Waals surface area contributed by atoms with Crippen molar-refractivity contribution >= 4 is 17.4 Å². The summed E-state index contributed by atoms with van der Waals surface area (Å²) in [6, 6.07) is 8.82. The summed E-state index contributed by atoms with van der Waals surface area (Å²) in [5.41, 5.74) is 1.76. The fraction of sp³-hybridized carbons (Fsp3) is 0.588. The van der Waals surface area contributed by atoms with Gasteiger partial charge in [-0.2, -0.15) is 5.26 Å². The predicted molar refractivity (Wildman–Crippen MR) is 89.3 cm³/mol. The van der Waals surface area contributed by atoms with Gasteiger partial charge in [-0.05, 0) is 37.1 Å². The third kappa shape index (κ3) is 5.46. The van der Waals surface area contributed by atoms with Gasteiger partial charge in [0.1, 0.15) is 6.07 Å². The minimum Gasteiger partial charge on any atom is -0.381 e. The molecule has 0 radical (unpaired) electrons. The molecule has 1 unspecified atom stereocenters. The van der Waals surface area contributed by atoms with Crippen molar-refractivity contribution in [2.24, 2.45) is 5.92 Å². The SMILES string of the molecule is CCSc1cccc(NC(C)CCCC(C)C)c1C#N. The number of hydrogen-bond acceptors (Lipinski definition) is 3. The highest BCUT2D eigenvalue weighted by molar-refractivity contribution is 7.99. The van der Waals surface area contributed by atoms with Gasteiger partial charge in [0.25, 0.3) is 0 Å². The first-order valence-electron chi connectivity index (χ1n) is 7.50. The van der Waals surface area contributed by atoms with Crippen molar-refractivity contribution in [1.82, 2.24) is 0 Å². The summed E-state index contributed by atoms with van der Waals surface area (Å²) in [5, 5.41) is 12.9. The van der Waals surface area contributed by atoms with Crippen molar-refractivity contribution in [3.63, 3.8) is 0 Å². The predicted octanol–water partition coefficient (Wildman–Crippen LogP) is 5.30. The summed E-state index contributed by atoms with van der Waals surface area (Å²) < 4.78 is 0. The van der Waals surface area contributed by atoms with Gasteiger partial charge in [-0.15, -0.1) is 11.8 Å². The highest BCUT2D eigenvalue weighted by Gasteiger charge is 2.10. The number of rotatable bonds is 8. The average Bonchev–Trinajstić information content (AvgIpc) is 2.39. The molecule has 0 aliphatic carbocycles. The van der Waals surface area contributed by atoms with Crippen LogP contribution in [0.3, 0.4) is 0 Å². The lowest BCUT2D eigenvalue weighted by atomic mass is 10.0. The maximum absolute atomic E-state index is 9.38. The fourth-order valence-electron chi connectivity index (χ4n) is 2.21. The maximum Gasteiger partial charge on any atom is 0.102 e. The Balaban J connectivity index is 2.67. The second-order valence-corrected chi connectivity index (χ2v) is 6.90. The molecule has 0 aliphatic rings. The van der Waals surface area contributed by atoms with Gasteiger partial charge in [-0.3, -0.25) is 0 Å². The first-order chi connectivity index (χ1) is 9.58. The summed E-state index contributed by atoms with van der Waals surface area (Å²) in [6.45, 7) is 8.83. The summed E-state index contributed by atoms with van der Waals surface area (Å²) >= 11 is 1.73. The van der Waals surface area contributed by atoms with Crippen LogP contribution in [-0.2, 0) is 0 Å². The Kier molecular flexibility index (Phi) is 7.54. The van der Waals surface area contributed by atoms with Crippen molar-refractivity contribution < 1.29 is 0 Å². The molecule has 0 spiro atoms. The maximum atomic E-state index is 9.38. The van der Waals surface area contributed by atoms with E-state index in [2.05, 4.69) is 39.1 Å². The molecule has 0 aromatic heterocycles. The van der Waals surface area contributed by atoms with Gasteiger partial charge in [0.05, 0.1) is 11.3 Å². The molecule has 1 N–H and O–H groups in total. The minimum absolute atomic E-state index is 0.405. The third-order valence-electron chi connectivity index (χ3n) is 3.26. The Hall–Kier alpha value is -1.14. The number of nitrogens with zero attached hydrogens (tertiary/aromatic N) is 1. The number of nitrogens with one attached hydrogen (secondary N) is 1. The van der Waals surface area contributed by atoms with E-state index in [1.54, 1.807) is 11.8 Å². The molecule has 0 aliphatic heterocycles. The van der Waals surface area contributed by atoms with Crippen molar-refractivity contribution in [3.8, 4) is 6.07 Å². The van der Waals surface area contributed by atoms with E-state index < -0.39 is 0 Å². The molecule has 110 valence electrons. The second-order valence-electron chi connectivity index (χ2n) is 5.59. The number of nitriles is 1. The summed E-state index contributed by atoms with van der Waals surface area (Å²) in [6.07, 6.45) is 3.65. The van der Waals surface area contributed by atoms with Crippen LogP contribution in [0, 0.1) is 17.2 Å². The highest BCUT2D eigenvalue weighted by atomic mass is 32.2. The topological polar surface area (TPSA) is 35.8 Å². The van der Waals surface area contributed by atoms with E-state index in [0.717, 1.165) is 34.2 Å². The van der Waals surface area contributed by atoms with Crippen LogP contribution in [0.25, 0.3) is 0 Å².